The second kappa shape index (κ2) is 7.57. The lowest BCUT2D eigenvalue weighted by Crippen LogP contribution is -2.23. The lowest BCUT2D eigenvalue weighted by molar-refractivity contribution is 0.0950. The van der Waals surface area contributed by atoms with E-state index in [2.05, 4.69) is 20.4 Å². The number of benzene rings is 1. The number of carbonyl (C=O) groups is 1. The molecule has 3 rings (SSSR count). The zero-order valence-electron chi connectivity index (χ0n) is 14.1. The second-order valence-corrected chi connectivity index (χ2v) is 5.42. The number of amides is 1. The van der Waals surface area contributed by atoms with Gasteiger partial charge in [-0.25, -0.2) is 14.6 Å². The molecule has 0 spiro atoms. The van der Waals surface area contributed by atoms with Crippen LogP contribution in [0.5, 0.6) is 5.75 Å². The van der Waals surface area contributed by atoms with Gasteiger partial charge in [0.1, 0.15) is 11.6 Å². The van der Waals surface area contributed by atoms with E-state index in [4.69, 9.17) is 4.74 Å². The van der Waals surface area contributed by atoms with Crippen LogP contribution in [0.25, 0.3) is 5.69 Å². The van der Waals surface area contributed by atoms with E-state index in [0.717, 1.165) is 29.2 Å². The summed E-state index contributed by atoms with van der Waals surface area (Å²) in [5, 5.41) is 7.16. The average Bonchev–Trinajstić information content (AvgIpc) is 3.15. The summed E-state index contributed by atoms with van der Waals surface area (Å²) in [7, 11) is 1.62. The minimum atomic E-state index is -0.211. The van der Waals surface area contributed by atoms with Gasteiger partial charge in [-0.15, -0.1) is 0 Å². The van der Waals surface area contributed by atoms with Crippen molar-refractivity contribution < 1.29 is 9.53 Å². The highest BCUT2D eigenvalue weighted by Gasteiger charge is 2.08. The Kier molecular flexibility index (Phi) is 5.03. The number of hydrogen-bond donors (Lipinski definition) is 1. The molecule has 0 aliphatic carbocycles. The van der Waals surface area contributed by atoms with Crippen molar-refractivity contribution in [3.8, 4) is 11.4 Å². The molecular formula is C18H19N5O2. The lowest BCUT2D eigenvalue weighted by Gasteiger charge is -2.05. The fourth-order valence-corrected chi connectivity index (χ4v) is 2.28. The van der Waals surface area contributed by atoms with Crippen LogP contribution in [0, 0.1) is 0 Å². The van der Waals surface area contributed by atoms with E-state index in [-0.39, 0.29) is 5.91 Å². The minimum absolute atomic E-state index is 0.211. The Morgan fingerprint density at radius 3 is 2.76 bits per heavy atom. The van der Waals surface area contributed by atoms with Gasteiger partial charge in [-0.2, -0.15) is 5.10 Å². The first-order valence-electron chi connectivity index (χ1n) is 7.96. The second-order valence-electron chi connectivity index (χ2n) is 5.42. The first kappa shape index (κ1) is 16.6. The maximum atomic E-state index is 12.1. The van der Waals surface area contributed by atoms with Crippen LogP contribution in [0.4, 0.5) is 0 Å². The van der Waals surface area contributed by atoms with E-state index in [1.165, 1.54) is 0 Å². The van der Waals surface area contributed by atoms with Crippen LogP contribution < -0.4 is 10.1 Å². The molecule has 7 nitrogen and oxygen atoms in total. The summed E-state index contributed by atoms with van der Waals surface area (Å²) in [6, 6.07) is 7.60. The van der Waals surface area contributed by atoms with Gasteiger partial charge in [-0.1, -0.05) is 13.0 Å². The van der Waals surface area contributed by atoms with Crippen LogP contribution in [0.15, 0.2) is 49.1 Å². The summed E-state index contributed by atoms with van der Waals surface area (Å²) >= 11 is 0. The summed E-state index contributed by atoms with van der Waals surface area (Å²) in [6.07, 6.45) is 7.41. The molecule has 128 valence electrons. The van der Waals surface area contributed by atoms with Gasteiger partial charge < -0.3 is 10.1 Å². The van der Waals surface area contributed by atoms with Crippen molar-refractivity contribution in [1.82, 2.24) is 25.1 Å². The molecule has 0 bridgehead atoms. The van der Waals surface area contributed by atoms with Crippen LogP contribution in [-0.4, -0.2) is 32.8 Å². The van der Waals surface area contributed by atoms with Crippen molar-refractivity contribution in [3.63, 3.8) is 0 Å². The Balaban J connectivity index is 1.63. The molecule has 2 heterocycles. The first-order valence-corrected chi connectivity index (χ1v) is 7.96. The van der Waals surface area contributed by atoms with Crippen molar-refractivity contribution >= 4 is 5.91 Å². The highest BCUT2D eigenvalue weighted by molar-refractivity contribution is 5.93. The number of nitrogens with one attached hydrogen (secondary N) is 1. The van der Waals surface area contributed by atoms with E-state index in [1.54, 1.807) is 30.4 Å². The Morgan fingerprint density at radius 1 is 1.24 bits per heavy atom. The molecular weight excluding hydrogens is 318 g/mol. The first-order chi connectivity index (χ1) is 12.2. The zero-order valence-corrected chi connectivity index (χ0v) is 14.1. The van der Waals surface area contributed by atoms with Crippen molar-refractivity contribution in [2.24, 2.45) is 0 Å². The summed E-state index contributed by atoms with van der Waals surface area (Å²) in [6.45, 7) is 2.34. The third-order valence-electron chi connectivity index (χ3n) is 3.69. The van der Waals surface area contributed by atoms with Crippen LogP contribution in [-0.2, 0) is 13.0 Å². The van der Waals surface area contributed by atoms with Crippen LogP contribution in [0.1, 0.15) is 28.7 Å². The summed E-state index contributed by atoms with van der Waals surface area (Å²) in [5.41, 5.74) is 2.22. The predicted octanol–water partition coefficient (Wildman–Crippen LogP) is 2.16. The van der Waals surface area contributed by atoms with Crippen LogP contribution in [0.3, 0.4) is 0 Å². The zero-order chi connectivity index (χ0) is 17.6. The number of aromatic nitrogens is 4. The number of aryl methyl sites for hydroxylation is 1. The fourth-order valence-electron chi connectivity index (χ4n) is 2.28. The molecule has 7 heteroatoms. The quantitative estimate of drug-likeness (QED) is 0.745. The molecule has 2 aromatic heterocycles. The number of hydrogen-bond acceptors (Lipinski definition) is 5. The standard InChI is InChI=1S/C18H19N5O2/c1-3-17-19-10-14(11-20-17)18(24)21-8-13-9-22-23(12-13)15-5-4-6-16(7-15)25-2/h4-7,9-12H,3,8H2,1-2H3,(H,21,24). The molecule has 0 saturated heterocycles. The third-order valence-corrected chi connectivity index (χ3v) is 3.69. The Morgan fingerprint density at radius 2 is 2.04 bits per heavy atom. The molecule has 0 aliphatic heterocycles. The lowest BCUT2D eigenvalue weighted by atomic mass is 10.3. The normalized spacial score (nSPS) is 10.5. The number of carbonyl (C=O) groups excluding carboxylic acids is 1. The maximum absolute atomic E-state index is 12.1. The monoisotopic (exact) mass is 337 g/mol. The molecule has 3 aromatic rings. The molecule has 1 aromatic carbocycles. The van der Waals surface area contributed by atoms with Gasteiger partial charge in [0, 0.05) is 43.2 Å². The number of nitrogens with zero attached hydrogens (tertiary/aromatic N) is 4. The Hall–Kier alpha value is -3.22. The number of rotatable bonds is 6. The minimum Gasteiger partial charge on any atom is -0.497 e. The highest BCUT2D eigenvalue weighted by atomic mass is 16.5. The van der Waals surface area contributed by atoms with Crippen LogP contribution in [0.2, 0.25) is 0 Å². The summed E-state index contributed by atoms with van der Waals surface area (Å²) in [5.74, 6) is 1.27. The molecule has 25 heavy (non-hydrogen) atoms. The van der Waals surface area contributed by atoms with Crippen molar-refractivity contribution in [1.29, 1.82) is 0 Å². The molecule has 0 atom stereocenters. The van der Waals surface area contributed by atoms with Gasteiger partial charge in [0.05, 0.1) is 24.6 Å². The largest absolute Gasteiger partial charge is 0.497 e. The molecule has 0 fully saturated rings. The van der Waals surface area contributed by atoms with Gasteiger partial charge in [0.2, 0.25) is 0 Å². The number of methoxy groups -OCH3 is 1. The third kappa shape index (κ3) is 4.00. The van der Waals surface area contributed by atoms with E-state index in [1.807, 2.05) is 37.4 Å². The summed E-state index contributed by atoms with van der Waals surface area (Å²) in [4.78, 5) is 20.4. The SMILES string of the molecule is CCc1ncc(C(=O)NCc2cnn(-c3cccc(OC)c3)c2)cn1. The number of ether oxygens (including phenoxy) is 1. The Bertz CT molecular complexity index is 858. The van der Waals surface area contributed by atoms with E-state index in [0.29, 0.717) is 12.1 Å². The average molecular weight is 337 g/mol. The smallest absolute Gasteiger partial charge is 0.254 e. The highest BCUT2D eigenvalue weighted by Crippen LogP contribution is 2.16. The predicted molar refractivity (Wildman–Crippen MR) is 92.7 cm³/mol. The molecule has 0 saturated carbocycles. The molecule has 1 amide bonds. The van der Waals surface area contributed by atoms with Crippen molar-refractivity contribution in [2.45, 2.75) is 19.9 Å². The molecule has 0 unspecified atom stereocenters. The molecule has 0 radical (unpaired) electrons. The fraction of sp³-hybridized carbons (Fsp3) is 0.222. The van der Waals surface area contributed by atoms with Gasteiger partial charge in [-0.05, 0) is 12.1 Å². The van der Waals surface area contributed by atoms with Gasteiger partial charge in [0.25, 0.3) is 5.91 Å². The van der Waals surface area contributed by atoms with Crippen LogP contribution >= 0.6 is 0 Å². The Labute approximate surface area is 145 Å². The van der Waals surface area contributed by atoms with Crippen molar-refractivity contribution in [3.05, 3.63) is 66.0 Å². The van der Waals surface area contributed by atoms with Crippen molar-refractivity contribution in [2.75, 3.05) is 7.11 Å². The molecule has 0 aliphatic rings. The maximum Gasteiger partial charge on any atom is 0.254 e. The topological polar surface area (TPSA) is 81.9 Å². The summed E-state index contributed by atoms with van der Waals surface area (Å²) < 4.78 is 6.96. The van der Waals surface area contributed by atoms with E-state index >= 15 is 0 Å². The molecule has 1 N–H and O–H groups in total. The van der Waals surface area contributed by atoms with Gasteiger partial charge in [0.15, 0.2) is 0 Å². The van der Waals surface area contributed by atoms with Gasteiger partial charge >= 0.3 is 0 Å². The van der Waals surface area contributed by atoms with Gasteiger partial charge in [-0.3, -0.25) is 4.79 Å². The van der Waals surface area contributed by atoms with E-state index < -0.39 is 0 Å². The van der Waals surface area contributed by atoms with E-state index in [9.17, 15) is 4.79 Å².